The highest BCUT2D eigenvalue weighted by Crippen LogP contribution is 2.16. The number of carbonyl (C=O) groups excluding carboxylic acids is 1. The molecule has 1 unspecified atom stereocenters. The van der Waals surface area contributed by atoms with E-state index in [1.807, 2.05) is 4.90 Å². The molecule has 2 heterocycles. The number of piperidine rings is 1. The second-order valence-electron chi connectivity index (χ2n) is 4.86. The third kappa shape index (κ3) is 3.00. The molecule has 1 aliphatic rings. The first-order valence-electron chi connectivity index (χ1n) is 6.16. The van der Waals surface area contributed by atoms with Crippen LogP contribution in [0.5, 0.6) is 0 Å². The Labute approximate surface area is 113 Å². The van der Waals surface area contributed by atoms with E-state index in [-0.39, 0.29) is 5.91 Å². The summed E-state index contributed by atoms with van der Waals surface area (Å²) in [5.74, 6) is -0.0240. The molecule has 1 amide bonds. The fourth-order valence-electron chi connectivity index (χ4n) is 2.25. The summed E-state index contributed by atoms with van der Waals surface area (Å²) in [5, 5.41) is 0.363. The molecule has 0 saturated carbocycles. The zero-order chi connectivity index (χ0) is 13.1. The van der Waals surface area contributed by atoms with Gasteiger partial charge < -0.3 is 9.80 Å². The molecule has 0 spiro atoms. The predicted octanol–water partition coefficient (Wildman–Crippen LogP) is 1.90. The van der Waals surface area contributed by atoms with Crippen LogP contribution in [0.1, 0.15) is 23.3 Å². The molecular weight excluding hydrogens is 250 g/mol. The van der Waals surface area contributed by atoms with Crippen LogP contribution in [-0.2, 0) is 0 Å². The fourth-order valence-corrected chi connectivity index (χ4v) is 2.41. The fraction of sp³-hybridized carbons (Fsp3) is 0.538. The summed E-state index contributed by atoms with van der Waals surface area (Å²) in [5.41, 5.74) is 0.432. The molecule has 2 rings (SSSR count). The van der Waals surface area contributed by atoms with Gasteiger partial charge in [0.05, 0.1) is 0 Å². The highest BCUT2D eigenvalue weighted by molar-refractivity contribution is 6.29. The Morgan fingerprint density at radius 2 is 2.28 bits per heavy atom. The van der Waals surface area contributed by atoms with Crippen molar-refractivity contribution in [3.05, 3.63) is 29.0 Å². The Bertz CT molecular complexity index is 436. The van der Waals surface area contributed by atoms with Crippen LogP contribution in [0.3, 0.4) is 0 Å². The first kappa shape index (κ1) is 13.3. The zero-order valence-corrected chi connectivity index (χ0v) is 11.5. The number of pyridine rings is 1. The van der Waals surface area contributed by atoms with Crippen molar-refractivity contribution in [2.75, 3.05) is 27.2 Å². The third-order valence-electron chi connectivity index (χ3n) is 3.35. The van der Waals surface area contributed by atoms with Gasteiger partial charge in [0.2, 0.25) is 0 Å². The first-order valence-corrected chi connectivity index (χ1v) is 6.54. The van der Waals surface area contributed by atoms with Crippen molar-refractivity contribution in [3.8, 4) is 0 Å². The summed E-state index contributed by atoms with van der Waals surface area (Å²) in [6, 6.07) is 5.59. The molecule has 0 bridgehead atoms. The molecule has 1 fully saturated rings. The molecule has 1 aromatic heterocycles. The van der Waals surface area contributed by atoms with Crippen LogP contribution in [0, 0.1) is 0 Å². The van der Waals surface area contributed by atoms with E-state index in [0.717, 1.165) is 25.9 Å². The quantitative estimate of drug-likeness (QED) is 0.768. The number of halogens is 1. The number of nitrogens with zero attached hydrogens (tertiary/aromatic N) is 3. The van der Waals surface area contributed by atoms with Crippen molar-refractivity contribution in [3.63, 3.8) is 0 Å². The molecule has 0 aromatic carbocycles. The molecular formula is C13H18ClN3O. The number of likely N-dealkylation sites (tertiary alicyclic amines) is 1. The summed E-state index contributed by atoms with van der Waals surface area (Å²) in [7, 11) is 4.10. The molecule has 1 saturated heterocycles. The maximum Gasteiger partial charge on any atom is 0.272 e. The van der Waals surface area contributed by atoms with Crippen LogP contribution < -0.4 is 0 Å². The minimum absolute atomic E-state index is 0.0240. The van der Waals surface area contributed by atoms with E-state index in [1.54, 1.807) is 18.2 Å². The van der Waals surface area contributed by atoms with Gasteiger partial charge in [0.15, 0.2) is 0 Å². The van der Waals surface area contributed by atoms with Gasteiger partial charge in [-0.3, -0.25) is 4.79 Å². The van der Waals surface area contributed by atoms with Crippen LogP contribution in [0.4, 0.5) is 0 Å². The number of rotatable bonds is 2. The van der Waals surface area contributed by atoms with E-state index >= 15 is 0 Å². The number of hydrogen-bond acceptors (Lipinski definition) is 3. The highest BCUT2D eigenvalue weighted by Gasteiger charge is 2.26. The second kappa shape index (κ2) is 5.67. The molecule has 98 valence electrons. The molecule has 1 aromatic rings. The van der Waals surface area contributed by atoms with Gasteiger partial charge in [-0.05, 0) is 39.1 Å². The van der Waals surface area contributed by atoms with E-state index in [1.165, 1.54) is 0 Å². The largest absolute Gasteiger partial charge is 0.336 e. The van der Waals surface area contributed by atoms with Gasteiger partial charge in [0.1, 0.15) is 10.8 Å². The molecule has 18 heavy (non-hydrogen) atoms. The Hall–Kier alpha value is -1.13. The lowest BCUT2D eigenvalue weighted by Crippen LogP contribution is -2.47. The minimum atomic E-state index is -0.0240. The minimum Gasteiger partial charge on any atom is -0.336 e. The van der Waals surface area contributed by atoms with E-state index < -0.39 is 0 Å². The van der Waals surface area contributed by atoms with Gasteiger partial charge in [-0.2, -0.15) is 0 Å². The van der Waals surface area contributed by atoms with Crippen molar-refractivity contribution in [2.24, 2.45) is 0 Å². The highest BCUT2D eigenvalue weighted by atomic mass is 35.5. The lowest BCUT2D eigenvalue weighted by molar-refractivity contribution is 0.0629. The van der Waals surface area contributed by atoms with Gasteiger partial charge in [-0.1, -0.05) is 17.7 Å². The molecule has 1 atom stereocenters. The van der Waals surface area contributed by atoms with Crippen molar-refractivity contribution in [1.29, 1.82) is 0 Å². The van der Waals surface area contributed by atoms with Gasteiger partial charge in [0.25, 0.3) is 5.91 Å². The number of amides is 1. The van der Waals surface area contributed by atoms with E-state index in [4.69, 9.17) is 11.6 Å². The summed E-state index contributed by atoms with van der Waals surface area (Å²) >= 11 is 5.82. The van der Waals surface area contributed by atoms with Crippen LogP contribution in [0.25, 0.3) is 0 Å². The molecule has 0 radical (unpaired) electrons. The Kier molecular flexibility index (Phi) is 4.19. The number of hydrogen-bond donors (Lipinski definition) is 0. The standard InChI is InChI=1S/C13H18ClN3O/c1-16(2)10-5-4-8-17(9-10)13(18)11-6-3-7-12(14)15-11/h3,6-7,10H,4-5,8-9H2,1-2H3. The number of likely N-dealkylation sites (N-methyl/N-ethyl adjacent to an activating group) is 1. The van der Waals surface area contributed by atoms with Gasteiger partial charge in [-0.15, -0.1) is 0 Å². The van der Waals surface area contributed by atoms with Crippen molar-refractivity contribution < 1.29 is 4.79 Å². The van der Waals surface area contributed by atoms with Gasteiger partial charge >= 0.3 is 0 Å². The predicted molar refractivity (Wildman–Crippen MR) is 71.9 cm³/mol. The topological polar surface area (TPSA) is 36.4 Å². The summed E-state index contributed by atoms with van der Waals surface area (Å²) < 4.78 is 0. The van der Waals surface area contributed by atoms with Crippen molar-refractivity contribution in [2.45, 2.75) is 18.9 Å². The third-order valence-corrected chi connectivity index (χ3v) is 3.56. The van der Waals surface area contributed by atoms with Crippen molar-refractivity contribution in [1.82, 2.24) is 14.8 Å². The Morgan fingerprint density at radius 1 is 1.50 bits per heavy atom. The average Bonchev–Trinajstić information content (AvgIpc) is 2.38. The lowest BCUT2D eigenvalue weighted by Gasteiger charge is -2.35. The monoisotopic (exact) mass is 267 g/mol. The SMILES string of the molecule is CN(C)C1CCCN(C(=O)c2cccc(Cl)n2)C1. The summed E-state index contributed by atoms with van der Waals surface area (Å²) in [6.45, 7) is 1.57. The number of carbonyl (C=O) groups is 1. The molecule has 4 nitrogen and oxygen atoms in total. The lowest BCUT2D eigenvalue weighted by atomic mass is 10.0. The van der Waals surface area contributed by atoms with Crippen LogP contribution in [-0.4, -0.2) is 53.9 Å². The number of aromatic nitrogens is 1. The molecule has 0 aliphatic carbocycles. The average molecular weight is 268 g/mol. The summed E-state index contributed by atoms with van der Waals surface area (Å²) in [6.07, 6.45) is 2.18. The van der Waals surface area contributed by atoms with Crippen molar-refractivity contribution >= 4 is 17.5 Å². The van der Waals surface area contributed by atoms with E-state index in [9.17, 15) is 4.79 Å². The summed E-state index contributed by atoms with van der Waals surface area (Å²) in [4.78, 5) is 20.4. The van der Waals surface area contributed by atoms with E-state index in [0.29, 0.717) is 16.9 Å². The maximum absolute atomic E-state index is 12.3. The van der Waals surface area contributed by atoms with Gasteiger partial charge in [0, 0.05) is 19.1 Å². The Morgan fingerprint density at radius 3 is 2.94 bits per heavy atom. The Balaban J connectivity index is 2.09. The zero-order valence-electron chi connectivity index (χ0n) is 10.8. The first-order chi connectivity index (χ1) is 8.58. The van der Waals surface area contributed by atoms with Crippen LogP contribution in [0.15, 0.2) is 18.2 Å². The smallest absolute Gasteiger partial charge is 0.272 e. The molecule has 0 N–H and O–H groups in total. The molecule has 5 heteroatoms. The van der Waals surface area contributed by atoms with Crippen LogP contribution in [0.2, 0.25) is 5.15 Å². The molecule has 1 aliphatic heterocycles. The van der Waals surface area contributed by atoms with Gasteiger partial charge in [-0.25, -0.2) is 4.98 Å². The van der Waals surface area contributed by atoms with E-state index in [2.05, 4.69) is 24.0 Å². The maximum atomic E-state index is 12.3. The normalized spacial score (nSPS) is 20.2. The second-order valence-corrected chi connectivity index (χ2v) is 5.24. The van der Waals surface area contributed by atoms with Crippen LogP contribution >= 0.6 is 11.6 Å².